The van der Waals surface area contributed by atoms with Crippen molar-refractivity contribution in [2.24, 2.45) is 0 Å². The normalized spacial score (nSPS) is 21.6. The monoisotopic (exact) mass is 680 g/mol. The van der Waals surface area contributed by atoms with Crippen LogP contribution >= 0.6 is 0 Å². The number of benzene rings is 2. The minimum absolute atomic E-state index is 0.136. The third kappa shape index (κ3) is 7.50. The molecule has 2 aromatic carbocycles. The topological polar surface area (TPSA) is 149 Å². The maximum Gasteiger partial charge on any atom is 0.407 e. The molecule has 0 spiro atoms. The van der Waals surface area contributed by atoms with Crippen LogP contribution in [-0.4, -0.2) is 103 Å². The van der Waals surface area contributed by atoms with E-state index in [1.807, 2.05) is 24.3 Å². The fraction of sp³-hybridized carbons (Fsp3) is 0.529. The lowest BCUT2D eigenvalue weighted by molar-refractivity contribution is -0.136. The highest BCUT2D eigenvalue weighted by Gasteiger charge is 2.39. The zero-order valence-electron chi connectivity index (χ0n) is 27.7. The quantitative estimate of drug-likeness (QED) is 0.421. The first-order chi connectivity index (χ1) is 22.8. The first kappa shape index (κ1) is 33.9. The third-order valence-electron chi connectivity index (χ3n) is 9.36. The second kappa shape index (κ2) is 13.5. The van der Waals surface area contributed by atoms with E-state index in [0.29, 0.717) is 51.0 Å². The number of hydrogen-bond acceptors (Lipinski definition) is 9. The molecule has 13 nitrogen and oxygen atoms in total. The van der Waals surface area contributed by atoms with Crippen molar-refractivity contribution in [2.75, 3.05) is 44.2 Å². The van der Waals surface area contributed by atoms with Crippen LogP contribution < -0.4 is 15.5 Å². The minimum Gasteiger partial charge on any atom is -0.444 e. The fourth-order valence-electron chi connectivity index (χ4n) is 6.85. The molecule has 4 aliphatic heterocycles. The Morgan fingerprint density at radius 3 is 2.38 bits per heavy atom. The zero-order valence-corrected chi connectivity index (χ0v) is 28.6. The molecule has 3 saturated heterocycles. The molecule has 0 unspecified atom stereocenters. The number of imide groups is 1. The molecule has 4 heterocycles. The van der Waals surface area contributed by atoms with Gasteiger partial charge in [0.1, 0.15) is 11.6 Å². The van der Waals surface area contributed by atoms with Gasteiger partial charge in [-0.05, 0) is 81.5 Å². The number of rotatable bonds is 7. The van der Waals surface area contributed by atoms with Crippen molar-refractivity contribution >= 4 is 39.5 Å². The zero-order chi connectivity index (χ0) is 34.2. The van der Waals surface area contributed by atoms with Gasteiger partial charge in [0.05, 0.1) is 4.90 Å². The second-order valence-corrected chi connectivity index (χ2v) is 15.9. The summed E-state index contributed by atoms with van der Waals surface area (Å²) in [6.07, 6.45) is 1.10. The number of piperazine rings is 1. The Balaban J connectivity index is 1.01. The van der Waals surface area contributed by atoms with Crippen molar-refractivity contribution in [1.82, 2.24) is 24.7 Å². The van der Waals surface area contributed by atoms with Crippen molar-refractivity contribution in [3.8, 4) is 0 Å². The smallest absolute Gasteiger partial charge is 0.407 e. The molecule has 0 bridgehead atoms. The maximum absolute atomic E-state index is 13.5. The van der Waals surface area contributed by atoms with Crippen molar-refractivity contribution in [3.63, 3.8) is 0 Å². The summed E-state index contributed by atoms with van der Waals surface area (Å²) in [5, 5.41) is 5.20. The lowest BCUT2D eigenvalue weighted by Gasteiger charge is -2.36. The molecule has 0 aliphatic carbocycles. The Bertz CT molecular complexity index is 1690. The highest BCUT2D eigenvalue weighted by molar-refractivity contribution is 7.89. The van der Waals surface area contributed by atoms with Gasteiger partial charge in [-0.25, -0.2) is 13.2 Å². The SMILES string of the molecule is CC(C)(C)OC(=O)NC1CCN(S(=O)(=O)c2cccc(CN3CCN(c4ccc5c(c4)CN([C@H]4CCC(=O)NC4=O)C5=O)CC3)c2)CC1. The van der Waals surface area contributed by atoms with Gasteiger partial charge < -0.3 is 19.9 Å². The Hall–Kier alpha value is -4.01. The van der Waals surface area contributed by atoms with Crippen LogP contribution in [0.2, 0.25) is 0 Å². The van der Waals surface area contributed by atoms with E-state index in [2.05, 4.69) is 20.4 Å². The number of piperidine rings is 2. The molecular weight excluding hydrogens is 636 g/mol. The van der Waals surface area contributed by atoms with Gasteiger partial charge in [0.15, 0.2) is 0 Å². The molecule has 1 atom stereocenters. The Kier molecular flexibility index (Phi) is 9.51. The summed E-state index contributed by atoms with van der Waals surface area (Å²) in [5.74, 6) is -0.900. The maximum atomic E-state index is 13.5. The summed E-state index contributed by atoms with van der Waals surface area (Å²) >= 11 is 0. The standard InChI is InChI=1S/C34H44N6O7S/c1-34(2,3)47-33(44)35-25-11-13-39(14-12-25)48(45,46)27-6-4-5-23(19-27)21-37-15-17-38(18-16-37)26-7-8-28-24(20-26)22-40(32(28)43)29-9-10-30(41)36-31(29)42/h4-8,19-20,25,29H,9-18,21-22H2,1-3H3,(H,35,44)(H,36,41,42)/t29-/m0/s1. The number of sulfonamides is 1. The number of alkyl carbamates (subject to hydrolysis) is 1. The van der Waals surface area contributed by atoms with Gasteiger partial charge in [-0.2, -0.15) is 4.31 Å². The van der Waals surface area contributed by atoms with E-state index < -0.39 is 33.7 Å². The first-order valence-electron chi connectivity index (χ1n) is 16.6. The van der Waals surface area contributed by atoms with Crippen LogP contribution in [0.3, 0.4) is 0 Å². The molecule has 14 heteroatoms. The predicted octanol–water partition coefficient (Wildman–Crippen LogP) is 2.45. The van der Waals surface area contributed by atoms with Crippen LogP contribution in [0.1, 0.15) is 67.9 Å². The fourth-order valence-corrected chi connectivity index (χ4v) is 8.39. The van der Waals surface area contributed by atoms with Crippen molar-refractivity contribution in [1.29, 1.82) is 0 Å². The van der Waals surface area contributed by atoms with Crippen LogP contribution in [0.15, 0.2) is 47.4 Å². The van der Waals surface area contributed by atoms with Gasteiger partial charge in [-0.15, -0.1) is 0 Å². The molecule has 4 aliphatic rings. The highest BCUT2D eigenvalue weighted by Crippen LogP contribution is 2.31. The van der Waals surface area contributed by atoms with Gasteiger partial charge >= 0.3 is 6.09 Å². The van der Waals surface area contributed by atoms with Crippen LogP contribution in [-0.2, 0) is 37.4 Å². The number of amides is 4. The van der Waals surface area contributed by atoms with Crippen LogP contribution in [0.25, 0.3) is 0 Å². The molecule has 2 N–H and O–H groups in total. The lowest BCUT2D eigenvalue weighted by atomic mass is 10.0. The van der Waals surface area contributed by atoms with E-state index in [1.165, 1.54) is 4.31 Å². The molecular formula is C34H44N6O7S. The molecule has 2 aromatic rings. The van der Waals surface area contributed by atoms with E-state index in [9.17, 15) is 27.6 Å². The number of anilines is 1. The number of carbonyl (C=O) groups excluding carboxylic acids is 4. The number of hydrogen-bond donors (Lipinski definition) is 2. The van der Waals surface area contributed by atoms with Gasteiger partial charge in [0.25, 0.3) is 5.91 Å². The molecule has 0 aromatic heterocycles. The van der Waals surface area contributed by atoms with Gasteiger partial charge in [-0.1, -0.05) is 12.1 Å². The minimum atomic E-state index is -3.68. The Morgan fingerprint density at radius 2 is 1.69 bits per heavy atom. The van der Waals surface area contributed by atoms with Gasteiger partial charge in [0.2, 0.25) is 21.8 Å². The Morgan fingerprint density at radius 1 is 0.958 bits per heavy atom. The van der Waals surface area contributed by atoms with E-state index >= 15 is 0 Å². The summed E-state index contributed by atoms with van der Waals surface area (Å²) in [4.78, 5) is 55.6. The predicted molar refractivity (Wildman–Crippen MR) is 178 cm³/mol. The largest absolute Gasteiger partial charge is 0.444 e. The summed E-state index contributed by atoms with van der Waals surface area (Å²) in [7, 11) is -3.68. The second-order valence-electron chi connectivity index (χ2n) is 14.0. The van der Waals surface area contributed by atoms with E-state index in [1.54, 1.807) is 43.9 Å². The van der Waals surface area contributed by atoms with E-state index in [0.717, 1.165) is 43.0 Å². The summed E-state index contributed by atoms with van der Waals surface area (Å²) in [6, 6.07) is 12.2. The Labute approximate surface area is 281 Å². The number of nitrogens with zero attached hydrogens (tertiary/aromatic N) is 4. The lowest BCUT2D eigenvalue weighted by Crippen LogP contribution is -2.52. The average molecular weight is 681 g/mol. The van der Waals surface area contributed by atoms with Crippen LogP contribution in [0.5, 0.6) is 0 Å². The van der Waals surface area contributed by atoms with Gasteiger partial charge in [-0.3, -0.25) is 24.6 Å². The summed E-state index contributed by atoms with van der Waals surface area (Å²) < 4.78 is 33.9. The van der Waals surface area contributed by atoms with Gasteiger partial charge in [0, 0.05) is 76.1 Å². The van der Waals surface area contributed by atoms with Crippen LogP contribution in [0.4, 0.5) is 10.5 Å². The average Bonchev–Trinajstić information content (AvgIpc) is 3.36. The van der Waals surface area contributed by atoms with Crippen molar-refractivity contribution in [3.05, 3.63) is 59.2 Å². The van der Waals surface area contributed by atoms with E-state index in [4.69, 9.17) is 4.74 Å². The molecule has 258 valence electrons. The summed E-state index contributed by atoms with van der Waals surface area (Å²) in [5.41, 5.74) is 2.83. The molecule has 4 amide bonds. The van der Waals surface area contributed by atoms with E-state index in [-0.39, 0.29) is 29.2 Å². The molecule has 3 fully saturated rings. The van der Waals surface area contributed by atoms with Crippen molar-refractivity contribution in [2.45, 2.75) is 82.1 Å². The van der Waals surface area contributed by atoms with Crippen LogP contribution in [0, 0.1) is 0 Å². The molecule has 48 heavy (non-hydrogen) atoms. The first-order valence-corrected chi connectivity index (χ1v) is 18.0. The number of carbonyl (C=O) groups is 4. The third-order valence-corrected chi connectivity index (χ3v) is 11.3. The molecule has 0 saturated carbocycles. The number of fused-ring (bicyclic) bond motifs is 1. The molecule has 0 radical (unpaired) electrons. The number of nitrogens with one attached hydrogen (secondary N) is 2. The molecule has 6 rings (SSSR count). The van der Waals surface area contributed by atoms with Crippen molar-refractivity contribution < 1.29 is 32.3 Å². The highest BCUT2D eigenvalue weighted by atomic mass is 32.2. The number of ether oxygens (including phenoxy) is 1. The summed E-state index contributed by atoms with van der Waals surface area (Å²) in [6.45, 7) is 10.1.